The fraction of sp³-hybridized carbons (Fsp3) is 0.583. The maximum Gasteiger partial charge on any atom is 0.416 e. The van der Waals surface area contributed by atoms with Crippen molar-refractivity contribution in [1.29, 1.82) is 0 Å². The minimum Gasteiger partial charge on any atom is -0.354 e. The van der Waals surface area contributed by atoms with Crippen molar-refractivity contribution >= 4 is 5.91 Å². The molecule has 1 fully saturated rings. The van der Waals surface area contributed by atoms with Gasteiger partial charge in [-0.15, -0.1) is 0 Å². The summed E-state index contributed by atoms with van der Waals surface area (Å²) >= 11 is 0. The van der Waals surface area contributed by atoms with E-state index in [9.17, 15) is 18.0 Å². The van der Waals surface area contributed by atoms with Crippen molar-refractivity contribution in [3.8, 4) is 0 Å². The molecule has 2 aliphatic rings. The van der Waals surface area contributed by atoms with Crippen LogP contribution in [0.25, 0.3) is 0 Å². The van der Waals surface area contributed by atoms with Crippen LogP contribution in [0.15, 0.2) is 12.3 Å². The fourth-order valence-corrected chi connectivity index (χ4v) is 3.28. The van der Waals surface area contributed by atoms with Crippen molar-refractivity contribution in [3.05, 3.63) is 23.5 Å². The first-order valence-corrected chi connectivity index (χ1v) is 5.90. The quantitative estimate of drug-likeness (QED) is 0.698. The Morgan fingerprint density at radius 1 is 1.33 bits per heavy atom. The van der Waals surface area contributed by atoms with E-state index in [1.807, 2.05) is 0 Å². The third kappa shape index (κ3) is 1.18. The average molecular weight is 258 g/mol. The Balaban J connectivity index is 2.25. The third-order valence-electron chi connectivity index (χ3n) is 4.15. The summed E-state index contributed by atoms with van der Waals surface area (Å²) in [5, 5.41) is 0. The van der Waals surface area contributed by atoms with Gasteiger partial charge in [-0.05, 0) is 12.5 Å². The van der Waals surface area contributed by atoms with E-state index in [1.54, 1.807) is 17.8 Å². The first-order chi connectivity index (χ1) is 8.38. The number of hydrogen-bond donors (Lipinski definition) is 0. The molecule has 1 unspecified atom stereocenters. The van der Waals surface area contributed by atoms with Gasteiger partial charge in [0.15, 0.2) is 5.54 Å². The molecule has 3 rings (SSSR count). The molecule has 98 valence electrons. The van der Waals surface area contributed by atoms with Gasteiger partial charge in [0.05, 0.1) is 0 Å². The Labute approximate surface area is 102 Å². The van der Waals surface area contributed by atoms with E-state index in [1.165, 1.54) is 6.07 Å². The van der Waals surface area contributed by atoms with Gasteiger partial charge in [-0.2, -0.15) is 13.2 Å². The molecule has 3 heterocycles. The smallest absolute Gasteiger partial charge is 0.354 e. The number of nitrogens with zero attached hydrogens (tertiary/aromatic N) is 2. The molecule has 1 aromatic heterocycles. The molecule has 1 amide bonds. The Morgan fingerprint density at radius 3 is 2.72 bits per heavy atom. The molecule has 18 heavy (non-hydrogen) atoms. The highest BCUT2D eigenvalue weighted by molar-refractivity contribution is 5.81. The highest BCUT2D eigenvalue weighted by atomic mass is 19.4. The zero-order chi connectivity index (χ0) is 13.1. The highest BCUT2D eigenvalue weighted by Crippen LogP contribution is 2.53. The number of halogens is 3. The van der Waals surface area contributed by atoms with Gasteiger partial charge in [0, 0.05) is 43.9 Å². The van der Waals surface area contributed by atoms with Crippen molar-refractivity contribution in [2.75, 3.05) is 6.54 Å². The summed E-state index contributed by atoms with van der Waals surface area (Å²) in [4.78, 5) is 12.7. The summed E-state index contributed by atoms with van der Waals surface area (Å²) in [6.07, 6.45) is -2.47. The number of amides is 1. The number of carbonyl (C=O) groups is 1. The molecule has 0 N–H and O–H groups in total. The number of alkyl halides is 3. The van der Waals surface area contributed by atoms with E-state index < -0.39 is 11.7 Å². The molecule has 1 aromatic rings. The van der Waals surface area contributed by atoms with Crippen LogP contribution in [0.4, 0.5) is 13.2 Å². The lowest BCUT2D eigenvalue weighted by molar-refractivity contribution is -0.231. The summed E-state index contributed by atoms with van der Waals surface area (Å²) in [6, 6.07) is 1.51. The topological polar surface area (TPSA) is 25.2 Å². The third-order valence-corrected chi connectivity index (χ3v) is 4.15. The van der Waals surface area contributed by atoms with Gasteiger partial charge in [0.1, 0.15) is 0 Å². The summed E-state index contributed by atoms with van der Waals surface area (Å²) in [7, 11) is 1.75. The lowest BCUT2D eigenvalue weighted by Gasteiger charge is -2.43. The van der Waals surface area contributed by atoms with Gasteiger partial charge < -0.3 is 9.47 Å². The van der Waals surface area contributed by atoms with Crippen LogP contribution in [0.3, 0.4) is 0 Å². The van der Waals surface area contributed by atoms with Gasteiger partial charge in [-0.1, -0.05) is 0 Å². The summed E-state index contributed by atoms with van der Waals surface area (Å²) in [5.74, 6) is -0.387. The standard InChI is InChI=1S/C12H13F3N2O/c1-16-6-3-8-9(16)4-7-17-10(18)2-5-11(8,17)12(13,14)15/h3,6H,2,4-5,7H2,1H3. The summed E-state index contributed by atoms with van der Waals surface area (Å²) < 4.78 is 42.4. The van der Waals surface area contributed by atoms with Crippen LogP contribution in [0.5, 0.6) is 0 Å². The SMILES string of the molecule is Cn1ccc2c1CCN1C(=O)CCC21C(F)(F)F. The van der Waals surface area contributed by atoms with Crippen molar-refractivity contribution in [1.82, 2.24) is 9.47 Å². The van der Waals surface area contributed by atoms with Gasteiger partial charge >= 0.3 is 6.18 Å². The van der Waals surface area contributed by atoms with Crippen molar-refractivity contribution in [2.45, 2.75) is 31.0 Å². The summed E-state index contributed by atoms with van der Waals surface area (Å²) in [6.45, 7) is 0.156. The van der Waals surface area contributed by atoms with Gasteiger partial charge in [0.25, 0.3) is 0 Å². The van der Waals surface area contributed by atoms with Crippen molar-refractivity contribution in [2.24, 2.45) is 7.05 Å². The Hall–Kier alpha value is -1.46. The van der Waals surface area contributed by atoms with E-state index >= 15 is 0 Å². The van der Waals surface area contributed by atoms with Crippen LogP contribution in [0.2, 0.25) is 0 Å². The van der Waals surface area contributed by atoms with Crippen LogP contribution in [0, 0.1) is 0 Å². The van der Waals surface area contributed by atoms with E-state index in [2.05, 4.69) is 0 Å². The molecule has 2 aliphatic heterocycles. The fourth-order valence-electron chi connectivity index (χ4n) is 3.28. The van der Waals surface area contributed by atoms with E-state index in [0.29, 0.717) is 12.1 Å². The molecule has 1 atom stereocenters. The monoisotopic (exact) mass is 258 g/mol. The minimum absolute atomic E-state index is 0.0200. The van der Waals surface area contributed by atoms with Gasteiger partial charge in [0.2, 0.25) is 5.91 Å². The van der Waals surface area contributed by atoms with E-state index in [4.69, 9.17) is 0 Å². The highest BCUT2D eigenvalue weighted by Gasteiger charge is 2.65. The molecule has 0 aromatic carbocycles. The molecule has 0 saturated carbocycles. The zero-order valence-electron chi connectivity index (χ0n) is 9.92. The van der Waals surface area contributed by atoms with E-state index in [-0.39, 0.29) is 30.9 Å². The number of hydrogen-bond acceptors (Lipinski definition) is 1. The van der Waals surface area contributed by atoms with Crippen LogP contribution < -0.4 is 0 Å². The molecule has 0 radical (unpaired) electrons. The Kier molecular flexibility index (Phi) is 2.13. The van der Waals surface area contributed by atoms with Gasteiger partial charge in [-0.3, -0.25) is 4.79 Å². The Morgan fingerprint density at radius 2 is 2.06 bits per heavy atom. The van der Waals surface area contributed by atoms with Gasteiger partial charge in [-0.25, -0.2) is 0 Å². The largest absolute Gasteiger partial charge is 0.416 e. The number of rotatable bonds is 0. The molecular weight excluding hydrogens is 245 g/mol. The predicted molar refractivity (Wildman–Crippen MR) is 57.8 cm³/mol. The lowest BCUT2D eigenvalue weighted by atomic mass is 9.83. The molecule has 3 nitrogen and oxygen atoms in total. The van der Waals surface area contributed by atoms with Crippen LogP contribution >= 0.6 is 0 Å². The molecule has 0 aliphatic carbocycles. The van der Waals surface area contributed by atoms with Crippen LogP contribution in [-0.2, 0) is 23.8 Å². The van der Waals surface area contributed by atoms with E-state index in [0.717, 1.165) is 4.90 Å². The average Bonchev–Trinajstić information content (AvgIpc) is 2.81. The second-order valence-corrected chi connectivity index (χ2v) is 4.94. The number of aromatic nitrogens is 1. The number of fused-ring (bicyclic) bond motifs is 3. The normalized spacial score (nSPS) is 27.3. The number of aryl methyl sites for hydroxylation is 1. The second-order valence-electron chi connectivity index (χ2n) is 4.94. The van der Waals surface area contributed by atoms with Crippen LogP contribution in [-0.4, -0.2) is 28.1 Å². The molecule has 0 spiro atoms. The van der Waals surface area contributed by atoms with Crippen molar-refractivity contribution < 1.29 is 18.0 Å². The molecule has 1 saturated heterocycles. The maximum atomic E-state index is 13.5. The second kappa shape index (κ2) is 3.30. The first-order valence-electron chi connectivity index (χ1n) is 5.90. The minimum atomic E-state index is -4.42. The number of carbonyl (C=O) groups excluding carboxylic acids is 1. The maximum absolute atomic E-state index is 13.5. The zero-order valence-corrected chi connectivity index (χ0v) is 9.92. The summed E-state index contributed by atoms with van der Waals surface area (Å²) in [5.41, 5.74) is -1.13. The molecule has 6 heteroatoms. The lowest BCUT2D eigenvalue weighted by Crippen LogP contribution is -2.56. The first kappa shape index (κ1) is 11.6. The molecule has 0 bridgehead atoms. The molecular formula is C12H13F3N2O. The van der Waals surface area contributed by atoms with Crippen molar-refractivity contribution in [3.63, 3.8) is 0 Å². The Bertz CT molecular complexity index is 520. The predicted octanol–water partition coefficient (Wildman–Crippen LogP) is 1.96. The van der Waals surface area contributed by atoms with Crippen LogP contribution in [0.1, 0.15) is 24.1 Å².